The zero-order chi connectivity index (χ0) is 18.3. The summed E-state index contributed by atoms with van der Waals surface area (Å²) >= 11 is -0.248. The third kappa shape index (κ3) is 2.77. The molecule has 0 radical (unpaired) electrons. The second-order valence-electron chi connectivity index (χ2n) is 5.78. The molecule has 1 atom stereocenters. The fourth-order valence-electron chi connectivity index (χ4n) is 2.95. The number of hydrogen-bond donors (Lipinski definition) is 0. The molecular weight excluding hydrogens is 401 g/mol. The molecule has 2 aromatic carbocycles. The third-order valence-corrected chi connectivity index (χ3v) is 6.34. The Kier molecular flexibility index (Phi) is 4.02. The summed E-state index contributed by atoms with van der Waals surface area (Å²) < 4.78 is 4.53. The second kappa shape index (κ2) is 6.36. The van der Waals surface area contributed by atoms with E-state index in [1.54, 1.807) is 34.8 Å². The Labute approximate surface area is 153 Å². The van der Waals surface area contributed by atoms with Gasteiger partial charge >= 0.3 is 153 Å². The topological polar surface area (TPSA) is 95.8 Å². The molecule has 0 aliphatic rings. The van der Waals surface area contributed by atoms with E-state index in [9.17, 15) is 14.9 Å². The van der Waals surface area contributed by atoms with Crippen LogP contribution < -0.4 is 4.43 Å². The van der Waals surface area contributed by atoms with Gasteiger partial charge in [0.05, 0.1) is 0 Å². The SMILES string of the molecule is Cn1c(=O)[se]c2cc(C(c3ccc([N+](=O)[O-])cc3)n3cncn3)ccc21. The van der Waals surface area contributed by atoms with Gasteiger partial charge in [-0.15, -0.1) is 0 Å². The Bertz CT molecular complexity index is 1150. The van der Waals surface area contributed by atoms with Gasteiger partial charge in [0.1, 0.15) is 0 Å². The van der Waals surface area contributed by atoms with E-state index in [-0.39, 0.29) is 30.7 Å². The number of hydrogen-bond acceptors (Lipinski definition) is 5. The summed E-state index contributed by atoms with van der Waals surface area (Å²) in [5.74, 6) is 0. The monoisotopic (exact) mass is 415 g/mol. The molecule has 1 unspecified atom stereocenters. The fourth-order valence-corrected chi connectivity index (χ4v) is 4.89. The maximum atomic E-state index is 12.0. The Morgan fingerprint density at radius 3 is 2.54 bits per heavy atom. The van der Waals surface area contributed by atoms with Gasteiger partial charge in [-0.2, -0.15) is 0 Å². The van der Waals surface area contributed by atoms with E-state index in [1.165, 1.54) is 18.5 Å². The second-order valence-corrected chi connectivity index (χ2v) is 7.86. The van der Waals surface area contributed by atoms with Crippen LogP contribution in [0.2, 0.25) is 0 Å². The van der Waals surface area contributed by atoms with Crippen LogP contribution in [-0.2, 0) is 7.05 Å². The minimum absolute atomic E-state index is 0.0376. The average Bonchev–Trinajstić information content (AvgIpc) is 3.25. The molecule has 0 N–H and O–H groups in total. The Hall–Kier alpha value is -3.03. The Morgan fingerprint density at radius 1 is 1.15 bits per heavy atom. The molecule has 2 heterocycles. The quantitative estimate of drug-likeness (QED) is 0.288. The minimum atomic E-state index is -0.423. The number of nitro benzene ring substituents is 1. The molecule has 0 saturated carbocycles. The first-order valence-electron chi connectivity index (χ1n) is 7.72. The van der Waals surface area contributed by atoms with Crippen molar-refractivity contribution < 1.29 is 4.92 Å². The first-order chi connectivity index (χ1) is 12.5. The number of rotatable bonds is 4. The van der Waals surface area contributed by atoms with E-state index in [4.69, 9.17) is 0 Å². The molecule has 2 aromatic heterocycles. The van der Waals surface area contributed by atoms with Crippen LogP contribution in [0.25, 0.3) is 9.78 Å². The molecule has 9 heteroatoms. The Balaban J connectivity index is 1.86. The van der Waals surface area contributed by atoms with Gasteiger partial charge in [-0.1, -0.05) is 0 Å². The number of aromatic nitrogens is 4. The van der Waals surface area contributed by atoms with Gasteiger partial charge in [0.2, 0.25) is 0 Å². The molecule has 0 spiro atoms. The molecule has 0 amide bonds. The standard InChI is InChI=1S/C17H13N5O3Se/c1-20-14-7-4-12(8-15(14)26-17(20)23)16(21-10-18-9-19-21)11-2-5-13(6-3-11)22(24)25/h2-10,16H,1H3. The van der Waals surface area contributed by atoms with Crippen molar-refractivity contribution >= 4 is 30.0 Å². The van der Waals surface area contributed by atoms with Crippen LogP contribution >= 0.6 is 0 Å². The zero-order valence-electron chi connectivity index (χ0n) is 13.6. The molecule has 4 aromatic rings. The van der Waals surface area contributed by atoms with Crippen molar-refractivity contribution in [3.05, 3.63) is 85.6 Å². The van der Waals surface area contributed by atoms with Crippen LogP contribution in [0.4, 0.5) is 5.69 Å². The van der Waals surface area contributed by atoms with E-state index in [2.05, 4.69) is 10.1 Å². The van der Waals surface area contributed by atoms with Crippen LogP contribution in [0.15, 0.2) is 59.9 Å². The predicted octanol–water partition coefficient (Wildman–Crippen LogP) is 1.73. The summed E-state index contributed by atoms with van der Waals surface area (Å²) in [7, 11) is 1.78. The first kappa shape index (κ1) is 16.4. The number of nitro groups is 1. The van der Waals surface area contributed by atoms with Crippen LogP contribution in [0.1, 0.15) is 17.2 Å². The first-order valence-corrected chi connectivity index (χ1v) is 9.44. The van der Waals surface area contributed by atoms with Crippen molar-refractivity contribution in [2.75, 3.05) is 0 Å². The average molecular weight is 414 g/mol. The van der Waals surface area contributed by atoms with Crippen molar-refractivity contribution in [1.82, 2.24) is 19.3 Å². The fraction of sp³-hybridized carbons (Fsp3) is 0.118. The number of non-ortho nitro benzene ring substituents is 1. The number of nitrogens with zero attached hydrogens (tertiary/aromatic N) is 5. The molecule has 0 bridgehead atoms. The summed E-state index contributed by atoms with van der Waals surface area (Å²) in [5.41, 5.74) is 2.77. The molecule has 4 rings (SSSR count). The van der Waals surface area contributed by atoms with E-state index < -0.39 is 4.92 Å². The third-order valence-electron chi connectivity index (χ3n) is 4.25. The van der Waals surface area contributed by atoms with Gasteiger partial charge in [0.15, 0.2) is 0 Å². The summed E-state index contributed by atoms with van der Waals surface area (Å²) in [6, 6.07) is 12.0. The Morgan fingerprint density at radius 2 is 1.88 bits per heavy atom. The molecule has 8 nitrogen and oxygen atoms in total. The molecule has 0 aliphatic carbocycles. The predicted molar refractivity (Wildman–Crippen MR) is 96.5 cm³/mol. The van der Waals surface area contributed by atoms with E-state index in [0.29, 0.717) is 0 Å². The maximum absolute atomic E-state index is 12.0. The van der Waals surface area contributed by atoms with Gasteiger partial charge in [0.25, 0.3) is 0 Å². The van der Waals surface area contributed by atoms with Crippen molar-refractivity contribution in [2.24, 2.45) is 7.05 Å². The zero-order valence-corrected chi connectivity index (χ0v) is 15.4. The van der Waals surface area contributed by atoms with Crippen molar-refractivity contribution in [2.45, 2.75) is 6.04 Å². The van der Waals surface area contributed by atoms with Gasteiger partial charge < -0.3 is 0 Å². The molecule has 0 aliphatic heterocycles. The normalized spacial score (nSPS) is 12.3. The van der Waals surface area contributed by atoms with Crippen molar-refractivity contribution in [3.63, 3.8) is 0 Å². The molecule has 0 fully saturated rings. The van der Waals surface area contributed by atoms with Gasteiger partial charge in [-0.3, -0.25) is 0 Å². The van der Waals surface area contributed by atoms with Gasteiger partial charge in [-0.05, 0) is 0 Å². The van der Waals surface area contributed by atoms with Gasteiger partial charge in [-0.25, -0.2) is 0 Å². The van der Waals surface area contributed by atoms with Crippen molar-refractivity contribution in [1.29, 1.82) is 0 Å². The van der Waals surface area contributed by atoms with E-state index >= 15 is 0 Å². The number of aryl methyl sites for hydroxylation is 1. The number of fused-ring (bicyclic) bond motifs is 1. The summed E-state index contributed by atoms with van der Waals surface area (Å²) in [4.78, 5) is 26.5. The van der Waals surface area contributed by atoms with Gasteiger partial charge in [0, 0.05) is 0 Å². The summed E-state index contributed by atoms with van der Waals surface area (Å²) in [6.45, 7) is 0. The van der Waals surface area contributed by atoms with Crippen molar-refractivity contribution in [3.8, 4) is 0 Å². The molecule has 26 heavy (non-hydrogen) atoms. The van der Waals surface area contributed by atoms with E-state index in [1.807, 2.05) is 18.2 Å². The number of benzene rings is 2. The molecule has 0 saturated heterocycles. The molecule has 130 valence electrons. The summed E-state index contributed by atoms with van der Waals surface area (Å²) in [5, 5.41) is 15.2. The van der Waals surface area contributed by atoms with Crippen LogP contribution in [0, 0.1) is 10.1 Å². The van der Waals surface area contributed by atoms with Crippen LogP contribution in [0.5, 0.6) is 0 Å². The summed E-state index contributed by atoms with van der Waals surface area (Å²) in [6.07, 6.45) is 3.06. The van der Waals surface area contributed by atoms with Crippen LogP contribution in [-0.4, -0.2) is 38.8 Å². The molecular formula is C17H13N5O3Se. The van der Waals surface area contributed by atoms with Crippen LogP contribution in [0.3, 0.4) is 0 Å². The van der Waals surface area contributed by atoms with E-state index in [0.717, 1.165) is 20.9 Å².